The van der Waals surface area contributed by atoms with E-state index in [0.29, 0.717) is 0 Å². The zero-order valence-electron chi connectivity index (χ0n) is 12.0. The highest BCUT2D eigenvalue weighted by molar-refractivity contribution is 7.99. The van der Waals surface area contributed by atoms with Crippen LogP contribution in [0.5, 0.6) is 0 Å². The van der Waals surface area contributed by atoms with Crippen molar-refractivity contribution in [2.45, 2.75) is 31.3 Å². The lowest BCUT2D eigenvalue weighted by atomic mass is 9.87. The van der Waals surface area contributed by atoms with Gasteiger partial charge in [0.25, 0.3) is 0 Å². The molecule has 1 saturated heterocycles. The maximum absolute atomic E-state index is 12.7. The van der Waals surface area contributed by atoms with Crippen LogP contribution in [0.2, 0.25) is 0 Å². The lowest BCUT2D eigenvalue weighted by Gasteiger charge is -2.36. The topological polar surface area (TPSA) is 32.3 Å². The van der Waals surface area contributed by atoms with E-state index < -0.39 is 0 Å². The molecule has 0 spiro atoms. The smallest absolute Gasteiger partial charge is 0.240 e. The number of thioether (sulfide) groups is 1. The summed E-state index contributed by atoms with van der Waals surface area (Å²) < 4.78 is 0. The Bertz CT molecular complexity index is 485. The van der Waals surface area contributed by atoms with E-state index in [1.54, 1.807) is 0 Å². The molecule has 2 aliphatic rings. The predicted molar refractivity (Wildman–Crippen MR) is 84.0 cm³/mol. The summed E-state index contributed by atoms with van der Waals surface area (Å²) in [7, 11) is 1.97. The number of nitrogens with zero attached hydrogens (tertiary/aromatic N) is 1. The first-order valence-corrected chi connectivity index (χ1v) is 8.58. The second kappa shape index (κ2) is 6.19. The van der Waals surface area contributed by atoms with E-state index in [9.17, 15) is 4.79 Å². The molecule has 2 unspecified atom stereocenters. The van der Waals surface area contributed by atoms with Crippen LogP contribution in [0, 0.1) is 0 Å². The molecule has 1 aliphatic carbocycles. The minimum Gasteiger partial charge on any atom is -0.337 e. The van der Waals surface area contributed by atoms with Crippen LogP contribution in [0.25, 0.3) is 0 Å². The van der Waals surface area contributed by atoms with Crippen molar-refractivity contribution < 1.29 is 4.79 Å². The first-order chi connectivity index (χ1) is 9.77. The van der Waals surface area contributed by atoms with Crippen LogP contribution in [0.3, 0.4) is 0 Å². The van der Waals surface area contributed by atoms with E-state index in [0.717, 1.165) is 30.9 Å². The molecular weight excluding hydrogens is 268 g/mol. The normalized spacial score (nSPS) is 25.9. The average Bonchev–Trinajstić information content (AvgIpc) is 2.54. The summed E-state index contributed by atoms with van der Waals surface area (Å²) in [5, 5.41) is 3.35. The minimum absolute atomic E-state index is 0.00663. The van der Waals surface area contributed by atoms with Crippen LogP contribution < -0.4 is 5.32 Å². The van der Waals surface area contributed by atoms with Crippen LogP contribution >= 0.6 is 11.8 Å². The molecule has 1 fully saturated rings. The predicted octanol–water partition coefficient (Wildman–Crippen LogP) is 2.23. The number of carbonyl (C=O) groups is 1. The number of nitrogens with one attached hydrogen (secondary N) is 1. The number of rotatable bonds is 2. The van der Waals surface area contributed by atoms with Gasteiger partial charge in [-0.15, -0.1) is 0 Å². The van der Waals surface area contributed by atoms with Gasteiger partial charge in [0.05, 0.1) is 12.1 Å². The summed E-state index contributed by atoms with van der Waals surface area (Å²) in [6.45, 7) is 0.941. The van der Waals surface area contributed by atoms with E-state index in [-0.39, 0.29) is 18.0 Å². The fraction of sp³-hybridized carbons (Fsp3) is 0.562. The number of likely N-dealkylation sites (N-methyl/N-ethyl adjacent to an activating group) is 1. The monoisotopic (exact) mass is 290 g/mol. The zero-order chi connectivity index (χ0) is 13.9. The maximum atomic E-state index is 12.7. The third kappa shape index (κ3) is 2.72. The summed E-state index contributed by atoms with van der Waals surface area (Å²) >= 11 is 1.87. The summed E-state index contributed by atoms with van der Waals surface area (Å²) in [6.07, 6.45) is 3.40. The van der Waals surface area contributed by atoms with Crippen LogP contribution in [0.1, 0.15) is 30.0 Å². The van der Waals surface area contributed by atoms with Crippen LogP contribution in [0.15, 0.2) is 24.3 Å². The fourth-order valence-corrected chi connectivity index (χ4v) is 4.18. The zero-order valence-corrected chi connectivity index (χ0v) is 12.8. The highest BCUT2D eigenvalue weighted by Crippen LogP contribution is 2.33. The SMILES string of the molecule is CN(C(=O)C1CSCCN1)C1CCCc2ccccc21. The fourth-order valence-electron chi connectivity index (χ4n) is 3.25. The van der Waals surface area contributed by atoms with Crippen molar-refractivity contribution in [1.29, 1.82) is 0 Å². The number of carbonyl (C=O) groups excluding carboxylic acids is 1. The Morgan fingerprint density at radius 3 is 3.05 bits per heavy atom. The number of hydrogen-bond acceptors (Lipinski definition) is 3. The van der Waals surface area contributed by atoms with E-state index >= 15 is 0 Å². The largest absolute Gasteiger partial charge is 0.337 e. The Balaban J connectivity index is 1.77. The van der Waals surface area contributed by atoms with E-state index in [4.69, 9.17) is 0 Å². The Labute approximate surface area is 125 Å². The van der Waals surface area contributed by atoms with Crippen molar-refractivity contribution >= 4 is 17.7 Å². The highest BCUT2D eigenvalue weighted by atomic mass is 32.2. The molecule has 108 valence electrons. The molecule has 1 aliphatic heterocycles. The van der Waals surface area contributed by atoms with E-state index in [2.05, 4.69) is 29.6 Å². The standard InChI is InChI=1S/C16H22N2OS/c1-18(16(19)14-11-20-10-9-17-14)15-8-4-6-12-5-2-3-7-13(12)15/h2-3,5,7,14-15,17H,4,6,8-11H2,1H3. The molecule has 0 saturated carbocycles. The van der Waals surface area contributed by atoms with Crippen molar-refractivity contribution in [2.24, 2.45) is 0 Å². The quantitative estimate of drug-likeness (QED) is 0.906. The van der Waals surface area contributed by atoms with Crippen molar-refractivity contribution in [1.82, 2.24) is 10.2 Å². The van der Waals surface area contributed by atoms with Gasteiger partial charge < -0.3 is 10.2 Å². The van der Waals surface area contributed by atoms with Crippen LogP contribution in [0.4, 0.5) is 0 Å². The van der Waals surface area contributed by atoms with Gasteiger partial charge in [-0.25, -0.2) is 0 Å². The number of benzene rings is 1. The van der Waals surface area contributed by atoms with Crippen LogP contribution in [-0.4, -0.2) is 41.9 Å². The number of aryl methyl sites for hydroxylation is 1. The molecule has 0 bridgehead atoms. The van der Waals surface area contributed by atoms with E-state index in [1.807, 2.05) is 23.7 Å². The molecule has 4 heteroatoms. The molecule has 2 atom stereocenters. The van der Waals surface area contributed by atoms with Gasteiger partial charge in [-0.1, -0.05) is 24.3 Å². The first-order valence-electron chi connectivity index (χ1n) is 7.43. The second-order valence-corrected chi connectivity index (χ2v) is 6.79. The molecule has 3 nitrogen and oxygen atoms in total. The number of hydrogen-bond donors (Lipinski definition) is 1. The van der Waals surface area contributed by atoms with Gasteiger partial charge in [0.1, 0.15) is 0 Å². The maximum Gasteiger partial charge on any atom is 0.240 e. The first kappa shape index (κ1) is 14.0. The van der Waals surface area contributed by atoms with Crippen molar-refractivity contribution in [2.75, 3.05) is 25.1 Å². The molecule has 1 amide bonds. The van der Waals surface area contributed by atoms with Gasteiger partial charge >= 0.3 is 0 Å². The van der Waals surface area contributed by atoms with Gasteiger partial charge in [-0.2, -0.15) is 11.8 Å². The second-order valence-electron chi connectivity index (χ2n) is 5.64. The molecule has 1 aromatic carbocycles. The summed E-state index contributed by atoms with van der Waals surface area (Å²) in [4.78, 5) is 14.6. The Kier molecular flexibility index (Phi) is 4.32. The van der Waals surface area contributed by atoms with Gasteiger partial charge in [0.15, 0.2) is 0 Å². The van der Waals surface area contributed by atoms with Crippen molar-refractivity contribution in [3.05, 3.63) is 35.4 Å². The molecule has 1 aromatic rings. The molecule has 3 rings (SSSR count). The third-order valence-electron chi connectivity index (χ3n) is 4.37. The Morgan fingerprint density at radius 1 is 1.40 bits per heavy atom. The lowest BCUT2D eigenvalue weighted by molar-refractivity contribution is -0.134. The third-order valence-corrected chi connectivity index (χ3v) is 5.43. The minimum atomic E-state index is -0.00663. The molecule has 0 aromatic heterocycles. The summed E-state index contributed by atoms with van der Waals surface area (Å²) in [6, 6.07) is 8.82. The van der Waals surface area contributed by atoms with Crippen molar-refractivity contribution in [3.63, 3.8) is 0 Å². The molecule has 20 heavy (non-hydrogen) atoms. The lowest BCUT2D eigenvalue weighted by Crippen LogP contribution is -2.50. The Morgan fingerprint density at radius 2 is 2.25 bits per heavy atom. The number of fused-ring (bicyclic) bond motifs is 1. The van der Waals surface area contributed by atoms with Gasteiger partial charge in [-0.3, -0.25) is 4.79 Å². The van der Waals surface area contributed by atoms with E-state index in [1.165, 1.54) is 17.5 Å². The average molecular weight is 290 g/mol. The molecule has 1 N–H and O–H groups in total. The summed E-state index contributed by atoms with van der Waals surface area (Å²) in [5.41, 5.74) is 2.76. The highest BCUT2D eigenvalue weighted by Gasteiger charge is 2.31. The molecular formula is C16H22N2OS. The number of amides is 1. The summed E-state index contributed by atoms with van der Waals surface area (Å²) in [5.74, 6) is 2.26. The Hall–Kier alpha value is -1.00. The molecule has 0 radical (unpaired) electrons. The van der Waals surface area contributed by atoms with Gasteiger partial charge in [-0.05, 0) is 30.4 Å². The molecule has 1 heterocycles. The van der Waals surface area contributed by atoms with Gasteiger partial charge in [0, 0.05) is 25.1 Å². The van der Waals surface area contributed by atoms with Gasteiger partial charge in [0.2, 0.25) is 5.91 Å². The van der Waals surface area contributed by atoms with Crippen LogP contribution in [-0.2, 0) is 11.2 Å². The van der Waals surface area contributed by atoms with Crippen molar-refractivity contribution in [3.8, 4) is 0 Å².